The zero-order chi connectivity index (χ0) is 22.4. The first kappa shape index (κ1) is 21.7. The number of benzene rings is 1. The number of carbonyl (C=O) groups excluding carboxylic acids is 1. The molecule has 2 aliphatic rings. The third-order valence-corrected chi connectivity index (χ3v) is 10.1. The first-order valence-electron chi connectivity index (χ1n) is 9.77. The first-order valence-corrected chi connectivity index (χ1v) is 13.1. The van der Waals surface area contributed by atoms with Gasteiger partial charge in [0.05, 0.1) is 21.7 Å². The van der Waals surface area contributed by atoms with Crippen LogP contribution in [0, 0.1) is 10.1 Å². The summed E-state index contributed by atoms with van der Waals surface area (Å²) in [6, 6.07) is 6.13. The number of fused-ring (bicyclic) bond motifs is 1. The molecule has 0 saturated carbocycles. The number of amides is 1. The van der Waals surface area contributed by atoms with Crippen molar-refractivity contribution in [2.75, 3.05) is 37.7 Å². The lowest BCUT2D eigenvalue weighted by atomic mass is 10.2. The number of carbonyl (C=O) groups is 1. The Kier molecular flexibility index (Phi) is 5.52. The van der Waals surface area contributed by atoms with Gasteiger partial charge in [-0.1, -0.05) is 0 Å². The van der Waals surface area contributed by atoms with Gasteiger partial charge >= 0.3 is 0 Å². The fraction of sp³-hybridized carbons (Fsp3) is 0.500. The molecule has 31 heavy (non-hydrogen) atoms. The number of rotatable bonds is 5. The fourth-order valence-corrected chi connectivity index (χ4v) is 8.60. The molecule has 2 fully saturated rings. The highest BCUT2D eigenvalue weighted by Crippen LogP contribution is 2.24. The van der Waals surface area contributed by atoms with Crippen LogP contribution in [0.1, 0.15) is 6.42 Å². The monoisotopic (exact) mass is 470 g/mol. The van der Waals surface area contributed by atoms with Crippen molar-refractivity contribution >= 4 is 42.4 Å². The normalized spacial score (nSPS) is 22.1. The van der Waals surface area contributed by atoms with Crippen LogP contribution in [0.15, 0.2) is 30.5 Å². The second-order valence-corrected chi connectivity index (χ2v) is 12.2. The molecular weight excluding hydrogens is 448 g/mol. The zero-order valence-electron chi connectivity index (χ0n) is 16.6. The van der Waals surface area contributed by atoms with Gasteiger partial charge in [0.15, 0.2) is 9.84 Å². The topological polar surface area (TPSA) is 140 Å². The summed E-state index contributed by atoms with van der Waals surface area (Å²) in [6.07, 6.45) is 1.80. The minimum absolute atomic E-state index is 0.0241. The Balaban J connectivity index is 1.39. The SMILES string of the molecule is O=C(Cn1ccc2cc([N+](=O)[O-])ccc21)N1CCN(S(=O)(=O)C2CCS(=O)(=O)C2)CC1. The lowest BCUT2D eigenvalue weighted by Gasteiger charge is -2.35. The van der Waals surface area contributed by atoms with Gasteiger partial charge in [-0.2, -0.15) is 4.31 Å². The molecule has 1 atom stereocenters. The van der Waals surface area contributed by atoms with Crippen LogP contribution in [0.3, 0.4) is 0 Å². The molecular formula is C18H22N4O7S2. The molecule has 0 bridgehead atoms. The lowest BCUT2D eigenvalue weighted by Crippen LogP contribution is -2.53. The molecule has 3 heterocycles. The number of sulfone groups is 1. The van der Waals surface area contributed by atoms with E-state index in [4.69, 9.17) is 0 Å². The number of aromatic nitrogens is 1. The predicted octanol–water partition coefficient (Wildman–Crippen LogP) is 0.211. The number of hydrogen-bond donors (Lipinski definition) is 0. The number of nitro groups is 1. The maximum Gasteiger partial charge on any atom is 0.270 e. The Labute approximate surface area is 179 Å². The molecule has 1 unspecified atom stereocenters. The molecule has 2 aliphatic heterocycles. The van der Waals surface area contributed by atoms with E-state index >= 15 is 0 Å². The summed E-state index contributed by atoms with van der Waals surface area (Å²) >= 11 is 0. The third kappa shape index (κ3) is 4.29. The van der Waals surface area contributed by atoms with E-state index in [-0.39, 0.29) is 62.2 Å². The minimum atomic E-state index is -3.72. The van der Waals surface area contributed by atoms with Crippen molar-refractivity contribution in [3.05, 3.63) is 40.6 Å². The van der Waals surface area contributed by atoms with Gasteiger partial charge in [-0.3, -0.25) is 14.9 Å². The number of hydrogen-bond acceptors (Lipinski definition) is 7. The molecule has 168 valence electrons. The molecule has 1 amide bonds. The standard InChI is InChI=1S/C18H22N4O7S2/c23-18(12-20-5-3-14-11-15(22(24)25)1-2-17(14)20)19-6-8-21(9-7-19)31(28,29)16-4-10-30(26,27)13-16/h1-3,5,11,16H,4,6-10,12-13H2. The molecule has 0 radical (unpaired) electrons. The molecule has 11 nitrogen and oxygen atoms in total. The van der Waals surface area contributed by atoms with Gasteiger partial charge in [-0.05, 0) is 18.6 Å². The van der Waals surface area contributed by atoms with Crippen molar-refractivity contribution in [2.24, 2.45) is 0 Å². The lowest BCUT2D eigenvalue weighted by molar-refractivity contribution is -0.384. The molecule has 0 spiro atoms. The number of non-ortho nitro benzene ring substituents is 1. The Bertz CT molecular complexity index is 1240. The summed E-state index contributed by atoms with van der Waals surface area (Å²) in [4.78, 5) is 24.7. The second kappa shape index (κ2) is 7.88. The highest BCUT2D eigenvalue weighted by atomic mass is 32.2. The number of nitrogens with zero attached hydrogens (tertiary/aromatic N) is 4. The van der Waals surface area contributed by atoms with Crippen LogP contribution >= 0.6 is 0 Å². The molecule has 0 aliphatic carbocycles. The highest BCUT2D eigenvalue weighted by Gasteiger charge is 2.41. The Morgan fingerprint density at radius 2 is 1.87 bits per heavy atom. The molecule has 13 heteroatoms. The number of sulfonamides is 1. The molecule has 1 aromatic carbocycles. The summed E-state index contributed by atoms with van der Waals surface area (Å²) in [6.45, 7) is 0.742. The van der Waals surface area contributed by atoms with E-state index in [1.165, 1.54) is 16.4 Å². The van der Waals surface area contributed by atoms with Crippen LogP contribution in [-0.2, 0) is 31.2 Å². The van der Waals surface area contributed by atoms with Gasteiger partial charge in [0.25, 0.3) is 5.69 Å². The van der Waals surface area contributed by atoms with Crippen molar-refractivity contribution in [2.45, 2.75) is 18.2 Å². The van der Waals surface area contributed by atoms with E-state index in [1.807, 2.05) is 0 Å². The van der Waals surface area contributed by atoms with Crippen LogP contribution in [0.4, 0.5) is 5.69 Å². The van der Waals surface area contributed by atoms with Gasteiger partial charge < -0.3 is 9.47 Å². The third-order valence-electron chi connectivity index (χ3n) is 5.83. The van der Waals surface area contributed by atoms with Crippen LogP contribution in [-0.4, -0.2) is 84.4 Å². The summed E-state index contributed by atoms with van der Waals surface area (Å²) in [7, 11) is -7.02. The molecule has 1 aromatic heterocycles. The first-order chi connectivity index (χ1) is 14.6. The smallest absolute Gasteiger partial charge is 0.270 e. The van der Waals surface area contributed by atoms with E-state index < -0.39 is 30.0 Å². The van der Waals surface area contributed by atoms with Crippen molar-refractivity contribution in [3.8, 4) is 0 Å². The summed E-state index contributed by atoms with van der Waals surface area (Å²) < 4.78 is 51.7. The van der Waals surface area contributed by atoms with E-state index in [9.17, 15) is 31.7 Å². The van der Waals surface area contributed by atoms with Crippen molar-refractivity contribution in [1.29, 1.82) is 0 Å². The van der Waals surface area contributed by atoms with Crippen LogP contribution < -0.4 is 0 Å². The molecule has 4 rings (SSSR count). The Morgan fingerprint density at radius 3 is 2.48 bits per heavy atom. The average Bonchev–Trinajstić information content (AvgIpc) is 3.30. The molecule has 2 saturated heterocycles. The average molecular weight is 471 g/mol. The van der Waals surface area contributed by atoms with Crippen molar-refractivity contribution < 1.29 is 26.6 Å². The zero-order valence-corrected chi connectivity index (χ0v) is 18.2. The molecule has 0 N–H and O–H groups in total. The van der Waals surface area contributed by atoms with Gasteiger partial charge in [-0.25, -0.2) is 16.8 Å². The summed E-state index contributed by atoms with van der Waals surface area (Å²) in [5.41, 5.74) is 0.673. The van der Waals surface area contributed by atoms with Gasteiger partial charge in [-0.15, -0.1) is 0 Å². The van der Waals surface area contributed by atoms with E-state index in [2.05, 4.69) is 0 Å². The number of piperazine rings is 1. The van der Waals surface area contributed by atoms with E-state index in [0.717, 1.165) is 0 Å². The van der Waals surface area contributed by atoms with Crippen molar-refractivity contribution in [3.63, 3.8) is 0 Å². The maximum absolute atomic E-state index is 12.7. The number of nitro benzene ring substituents is 1. The largest absolute Gasteiger partial charge is 0.339 e. The van der Waals surface area contributed by atoms with Gasteiger partial charge in [0, 0.05) is 55.4 Å². The highest BCUT2D eigenvalue weighted by molar-refractivity contribution is 7.95. The maximum atomic E-state index is 12.7. The quantitative estimate of drug-likeness (QED) is 0.449. The minimum Gasteiger partial charge on any atom is -0.339 e. The summed E-state index contributed by atoms with van der Waals surface area (Å²) in [5.74, 6) is -0.632. The van der Waals surface area contributed by atoms with Gasteiger partial charge in [0.2, 0.25) is 15.9 Å². The Morgan fingerprint density at radius 1 is 1.16 bits per heavy atom. The van der Waals surface area contributed by atoms with Crippen molar-refractivity contribution in [1.82, 2.24) is 13.8 Å². The van der Waals surface area contributed by atoms with Crippen LogP contribution in [0.2, 0.25) is 0 Å². The van der Waals surface area contributed by atoms with E-state index in [1.54, 1.807) is 27.8 Å². The van der Waals surface area contributed by atoms with Gasteiger partial charge in [0.1, 0.15) is 6.54 Å². The van der Waals surface area contributed by atoms with Crippen LogP contribution in [0.25, 0.3) is 10.9 Å². The molecule has 2 aromatic rings. The van der Waals surface area contributed by atoms with E-state index in [0.29, 0.717) is 10.9 Å². The summed E-state index contributed by atoms with van der Waals surface area (Å²) in [5, 5.41) is 10.7. The Hall–Kier alpha value is -2.51. The fourth-order valence-electron chi connectivity index (χ4n) is 4.08. The second-order valence-electron chi connectivity index (χ2n) is 7.79. The predicted molar refractivity (Wildman–Crippen MR) is 113 cm³/mol. The van der Waals surface area contributed by atoms with Crippen LogP contribution in [0.5, 0.6) is 0 Å².